The van der Waals surface area contributed by atoms with Gasteiger partial charge in [-0.15, -0.1) is 0 Å². The summed E-state index contributed by atoms with van der Waals surface area (Å²) in [5, 5.41) is 10.1. The summed E-state index contributed by atoms with van der Waals surface area (Å²) in [5.74, 6) is 1.13. The van der Waals surface area contributed by atoms with Crippen LogP contribution in [0.5, 0.6) is 0 Å². The highest BCUT2D eigenvalue weighted by Crippen LogP contribution is 2.20. The summed E-state index contributed by atoms with van der Waals surface area (Å²) >= 11 is 0. The van der Waals surface area contributed by atoms with Crippen molar-refractivity contribution >= 4 is 0 Å². The second kappa shape index (κ2) is 4.19. The van der Waals surface area contributed by atoms with Crippen molar-refractivity contribution in [1.82, 2.24) is 0 Å². The fraction of sp³-hybridized carbons (Fsp3) is 1.00. The molecule has 2 nitrogen and oxygen atoms in total. The Hall–Kier alpha value is -0.0800. The minimum absolute atomic E-state index is 0.0991. The molecule has 1 unspecified atom stereocenters. The lowest BCUT2D eigenvalue weighted by molar-refractivity contribution is -0.955. The molecule has 1 saturated heterocycles. The number of aliphatic hydroxyl groups is 1. The second-order valence-corrected chi connectivity index (χ2v) is 6.07. The van der Waals surface area contributed by atoms with Crippen LogP contribution in [-0.4, -0.2) is 29.8 Å². The number of rotatable bonds is 1. The lowest BCUT2D eigenvalue weighted by Gasteiger charge is -2.41. The average molecular weight is 200 g/mol. The standard InChI is InChI=1S/C12H25NO/c1-9(2)10-6-7-13(8-11(10)14)12(3,4)5/h9-11,14H,6-8H2,1-5H3/p+1/t10-,11+/m1/s1. The van der Waals surface area contributed by atoms with E-state index in [4.69, 9.17) is 0 Å². The van der Waals surface area contributed by atoms with Crippen molar-refractivity contribution in [3.63, 3.8) is 0 Å². The number of nitrogens with one attached hydrogen (secondary N) is 1. The molecule has 1 aliphatic heterocycles. The van der Waals surface area contributed by atoms with Crippen molar-refractivity contribution < 1.29 is 10.0 Å². The van der Waals surface area contributed by atoms with E-state index in [0.717, 1.165) is 6.54 Å². The molecule has 1 rings (SSSR count). The van der Waals surface area contributed by atoms with Crippen LogP contribution in [0.15, 0.2) is 0 Å². The Labute approximate surface area is 88.3 Å². The van der Waals surface area contributed by atoms with Gasteiger partial charge in [0.25, 0.3) is 0 Å². The third kappa shape index (κ3) is 2.71. The first-order chi connectivity index (χ1) is 6.32. The zero-order valence-electron chi connectivity index (χ0n) is 10.3. The molecule has 14 heavy (non-hydrogen) atoms. The molecule has 0 saturated carbocycles. The van der Waals surface area contributed by atoms with Crippen LogP contribution in [0.1, 0.15) is 41.0 Å². The van der Waals surface area contributed by atoms with E-state index in [1.165, 1.54) is 13.0 Å². The zero-order chi connectivity index (χ0) is 10.9. The van der Waals surface area contributed by atoms with Gasteiger partial charge in [-0.1, -0.05) is 13.8 Å². The maximum atomic E-state index is 10.1. The molecule has 84 valence electrons. The smallest absolute Gasteiger partial charge is 0.106 e. The molecule has 0 aromatic carbocycles. The topological polar surface area (TPSA) is 24.7 Å². The van der Waals surface area contributed by atoms with Crippen LogP contribution in [-0.2, 0) is 0 Å². The van der Waals surface area contributed by atoms with Gasteiger partial charge in [0, 0.05) is 6.42 Å². The Kier molecular flexibility index (Phi) is 3.59. The Morgan fingerprint density at radius 3 is 2.21 bits per heavy atom. The Morgan fingerprint density at radius 1 is 1.29 bits per heavy atom. The number of hydrogen-bond donors (Lipinski definition) is 2. The first-order valence-electron chi connectivity index (χ1n) is 5.85. The molecule has 1 fully saturated rings. The fourth-order valence-corrected chi connectivity index (χ4v) is 2.50. The monoisotopic (exact) mass is 200 g/mol. The van der Waals surface area contributed by atoms with Crippen LogP contribution in [0, 0.1) is 11.8 Å². The van der Waals surface area contributed by atoms with Gasteiger partial charge in [0.15, 0.2) is 0 Å². The predicted octanol–water partition coefficient (Wildman–Crippen LogP) is 0.707. The third-order valence-corrected chi connectivity index (χ3v) is 3.65. The van der Waals surface area contributed by atoms with Gasteiger partial charge >= 0.3 is 0 Å². The van der Waals surface area contributed by atoms with Crippen LogP contribution < -0.4 is 4.90 Å². The number of quaternary nitrogens is 1. The second-order valence-electron chi connectivity index (χ2n) is 6.07. The van der Waals surface area contributed by atoms with Crippen molar-refractivity contribution in [2.24, 2.45) is 11.8 Å². The number of hydrogen-bond acceptors (Lipinski definition) is 1. The lowest BCUT2D eigenvalue weighted by Crippen LogP contribution is -3.21. The molecule has 0 aliphatic carbocycles. The van der Waals surface area contributed by atoms with Gasteiger partial charge in [0.1, 0.15) is 12.6 Å². The normalized spacial score (nSPS) is 34.9. The first-order valence-corrected chi connectivity index (χ1v) is 5.85. The molecule has 1 aliphatic rings. The maximum Gasteiger partial charge on any atom is 0.106 e. The molecule has 1 heterocycles. The molecule has 0 radical (unpaired) electrons. The van der Waals surface area contributed by atoms with Gasteiger partial charge < -0.3 is 10.0 Å². The summed E-state index contributed by atoms with van der Waals surface area (Å²) in [6.07, 6.45) is 1.07. The first kappa shape index (κ1) is 12.0. The Bertz CT molecular complexity index is 183. The van der Waals surface area contributed by atoms with Gasteiger partial charge in [0.05, 0.1) is 12.1 Å². The van der Waals surface area contributed by atoms with Crippen LogP contribution >= 0.6 is 0 Å². The van der Waals surface area contributed by atoms with Crippen molar-refractivity contribution in [3.05, 3.63) is 0 Å². The minimum Gasteiger partial charge on any atom is -0.387 e. The average Bonchev–Trinajstić information content (AvgIpc) is 2.01. The SMILES string of the molecule is CC(C)[C@H]1CC[NH+](C(C)(C)C)C[C@@H]1O. The van der Waals surface area contributed by atoms with Gasteiger partial charge in [-0.2, -0.15) is 0 Å². The molecular formula is C12H26NO+. The van der Waals surface area contributed by atoms with Crippen molar-refractivity contribution in [2.75, 3.05) is 13.1 Å². The molecular weight excluding hydrogens is 174 g/mol. The maximum absolute atomic E-state index is 10.1. The van der Waals surface area contributed by atoms with E-state index in [2.05, 4.69) is 34.6 Å². The van der Waals surface area contributed by atoms with Gasteiger partial charge in [-0.05, 0) is 32.6 Å². The lowest BCUT2D eigenvalue weighted by atomic mass is 9.83. The number of likely N-dealkylation sites (tertiary alicyclic amines) is 1. The summed E-state index contributed by atoms with van der Waals surface area (Å²) in [6, 6.07) is 0. The van der Waals surface area contributed by atoms with Gasteiger partial charge in [-0.3, -0.25) is 0 Å². The minimum atomic E-state index is -0.0991. The van der Waals surface area contributed by atoms with Gasteiger partial charge in [-0.25, -0.2) is 0 Å². The molecule has 0 spiro atoms. The molecule has 0 amide bonds. The Morgan fingerprint density at radius 2 is 1.86 bits per heavy atom. The van der Waals surface area contributed by atoms with Crippen molar-refractivity contribution in [1.29, 1.82) is 0 Å². The van der Waals surface area contributed by atoms with Crippen LogP contribution in [0.2, 0.25) is 0 Å². The van der Waals surface area contributed by atoms with E-state index < -0.39 is 0 Å². The van der Waals surface area contributed by atoms with E-state index in [9.17, 15) is 5.11 Å². The van der Waals surface area contributed by atoms with Crippen molar-refractivity contribution in [3.8, 4) is 0 Å². The van der Waals surface area contributed by atoms with E-state index in [1.807, 2.05) is 0 Å². The van der Waals surface area contributed by atoms with E-state index in [0.29, 0.717) is 11.8 Å². The molecule has 0 bridgehead atoms. The summed E-state index contributed by atoms with van der Waals surface area (Å²) < 4.78 is 0. The van der Waals surface area contributed by atoms with E-state index in [-0.39, 0.29) is 11.6 Å². The van der Waals surface area contributed by atoms with Crippen LogP contribution in [0.3, 0.4) is 0 Å². The van der Waals surface area contributed by atoms with Crippen LogP contribution in [0.4, 0.5) is 0 Å². The predicted molar refractivity (Wildman–Crippen MR) is 59.4 cm³/mol. The summed E-state index contributed by atoms with van der Waals surface area (Å²) in [4.78, 5) is 1.54. The highest BCUT2D eigenvalue weighted by molar-refractivity contribution is 4.76. The largest absolute Gasteiger partial charge is 0.387 e. The van der Waals surface area contributed by atoms with Crippen molar-refractivity contribution in [2.45, 2.75) is 52.7 Å². The summed E-state index contributed by atoms with van der Waals surface area (Å²) in [7, 11) is 0. The molecule has 0 aromatic rings. The highest BCUT2D eigenvalue weighted by atomic mass is 16.3. The summed E-state index contributed by atoms with van der Waals surface area (Å²) in [5.41, 5.74) is 0.281. The number of piperidine rings is 1. The molecule has 3 atom stereocenters. The molecule has 2 N–H and O–H groups in total. The van der Waals surface area contributed by atoms with Gasteiger partial charge in [0.2, 0.25) is 0 Å². The quantitative estimate of drug-likeness (QED) is 0.640. The molecule has 0 aromatic heterocycles. The summed E-state index contributed by atoms with van der Waals surface area (Å²) in [6.45, 7) is 13.3. The zero-order valence-corrected chi connectivity index (χ0v) is 10.3. The number of aliphatic hydroxyl groups excluding tert-OH is 1. The Balaban J connectivity index is 2.55. The van der Waals surface area contributed by atoms with Crippen LogP contribution in [0.25, 0.3) is 0 Å². The van der Waals surface area contributed by atoms with E-state index >= 15 is 0 Å². The molecule has 2 heteroatoms. The highest BCUT2D eigenvalue weighted by Gasteiger charge is 2.37. The fourth-order valence-electron chi connectivity index (χ4n) is 2.50. The third-order valence-electron chi connectivity index (χ3n) is 3.65. The van der Waals surface area contributed by atoms with E-state index in [1.54, 1.807) is 4.90 Å².